The van der Waals surface area contributed by atoms with E-state index in [0.29, 0.717) is 17.4 Å². The highest BCUT2D eigenvalue weighted by atomic mass is 16.2. The second kappa shape index (κ2) is 6.13. The Hall–Kier alpha value is -2.09. The second-order valence-electron chi connectivity index (χ2n) is 5.92. The van der Waals surface area contributed by atoms with Gasteiger partial charge in [-0.05, 0) is 31.4 Å². The quantitative estimate of drug-likeness (QED) is 0.923. The number of hydrogen-bond donors (Lipinski definition) is 1. The summed E-state index contributed by atoms with van der Waals surface area (Å²) in [5.41, 5.74) is 0.414. The molecule has 2 heterocycles. The molecule has 1 N–H and O–H groups in total. The van der Waals surface area contributed by atoms with Crippen LogP contribution < -0.4 is 5.32 Å². The van der Waals surface area contributed by atoms with Gasteiger partial charge >= 0.3 is 0 Å². The van der Waals surface area contributed by atoms with Crippen LogP contribution in [-0.4, -0.2) is 34.9 Å². The molecule has 1 unspecified atom stereocenters. The molecular formula is C16H20N4O. The number of pyridine rings is 1. The molecule has 110 valence electrons. The molecule has 1 aromatic rings. The van der Waals surface area contributed by atoms with Crippen LogP contribution in [-0.2, 0) is 4.79 Å². The van der Waals surface area contributed by atoms with Crippen LogP contribution in [0.1, 0.15) is 37.8 Å². The summed E-state index contributed by atoms with van der Waals surface area (Å²) in [6.45, 7) is 1.57. The van der Waals surface area contributed by atoms with Gasteiger partial charge in [-0.1, -0.05) is 18.9 Å². The predicted molar refractivity (Wildman–Crippen MR) is 79.5 cm³/mol. The molecule has 21 heavy (non-hydrogen) atoms. The molecule has 0 aromatic carbocycles. The lowest BCUT2D eigenvalue weighted by molar-refractivity contribution is -0.134. The van der Waals surface area contributed by atoms with Gasteiger partial charge in [-0.2, -0.15) is 5.26 Å². The van der Waals surface area contributed by atoms with Crippen LogP contribution in [0.2, 0.25) is 0 Å². The standard InChI is InChI=1S/C16H20N4O/c17-10-13-6-3-7-15(18-13)19-14-8-9-20(11-14)16(21)12-4-1-2-5-12/h3,6-7,12,14H,1-2,4-5,8-9,11H2,(H,18,19). The fraction of sp³-hybridized carbons (Fsp3) is 0.562. The van der Waals surface area contributed by atoms with Gasteiger partial charge in [-0.25, -0.2) is 4.98 Å². The highest BCUT2D eigenvalue weighted by Crippen LogP contribution is 2.28. The highest BCUT2D eigenvalue weighted by Gasteiger charge is 2.32. The minimum atomic E-state index is 0.233. The van der Waals surface area contributed by atoms with Crippen LogP contribution in [0.25, 0.3) is 0 Å². The van der Waals surface area contributed by atoms with Gasteiger partial charge in [0.1, 0.15) is 17.6 Å². The van der Waals surface area contributed by atoms with E-state index in [2.05, 4.69) is 10.3 Å². The maximum absolute atomic E-state index is 12.4. The van der Waals surface area contributed by atoms with Crippen molar-refractivity contribution < 1.29 is 4.79 Å². The van der Waals surface area contributed by atoms with E-state index in [1.54, 1.807) is 6.07 Å². The Kier molecular flexibility index (Phi) is 4.05. The fourth-order valence-corrected chi connectivity index (χ4v) is 3.30. The summed E-state index contributed by atoms with van der Waals surface area (Å²) < 4.78 is 0. The first-order valence-electron chi connectivity index (χ1n) is 7.69. The zero-order valence-electron chi connectivity index (χ0n) is 12.1. The Labute approximate surface area is 125 Å². The first kappa shape index (κ1) is 13.9. The third kappa shape index (κ3) is 3.15. The Morgan fingerprint density at radius 3 is 2.90 bits per heavy atom. The molecule has 1 aromatic heterocycles. The predicted octanol–water partition coefficient (Wildman–Crippen LogP) is 2.16. The molecule has 1 aliphatic heterocycles. The van der Waals surface area contributed by atoms with Gasteiger partial charge < -0.3 is 10.2 Å². The Morgan fingerprint density at radius 1 is 1.33 bits per heavy atom. The van der Waals surface area contributed by atoms with Gasteiger partial charge in [0.05, 0.1) is 0 Å². The van der Waals surface area contributed by atoms with Gasteiger partial charge in [0.15, 0.2) is 0 Å². The van der Waals surface area contributed by atoms with Crippen molar-refractivity contribution in [3.05, 3.63) is 23.9 Å². The molecule has 1 saturated carbocycles. The summed E-state index contributed by atoms with van der Waals surface area (Å²) in [5.74, 6) is 1.30. The van der Waals surface area contributed by atoms with Crippen molar-refractivity contribution in [2.75, 3.05) is 18.4 Å². The summed E-state index contributed by atoms with van der Waals surface area (Å²) in [7, 11) is 0. The normalized spacial score (nSPS) is 22.2. The minimum absolute atomic E-state index is 0.233. The van der Waals surface area contributed by atoms with Crippen molar-refractivity contribution in [2.45, 2.75) is 38.1 Å². The van der Waals surface area contributed by atoms with E-state index < -0.39 is 0 Å². The van der Waals surface area contributed by atoms with Crippen LogP contribution in [0.3, 0.4) is 0 Å². The zero-order chi connectivity index (χ0) is 14.7. The van der Waals surface area contributed by atoms with Crippen LogP contribution in [0.4, 0.5) is 5.82 Å². The second-order valence-corrected chi connectivity index (χ2v) is 5.92. The van der Waals surface area contributed by atoms with Crippen LogP contribution >= 0.6 is 0 Å². The molecule has 1 atom stereocenters. The summed E-state index contributed by atoms with van der Waals surface area (Å²) in [5, 5.41) is 12.2. The average Bonchev–Trinajstić information content (AvgIpc) is 3.18. The van der Waals surface area contributed by atoms with Crippen LogP contribution in [0.5, 0.6) is 0 Å². The van der Waals surface area contributed by atoms with Crippen molar-refractivity contribution in [3.63, 3.8) is 0 Å². The molecule has 2 aliphatic rings. The summed E-state index contributed by atoms with van der Waals surface area (Å²) >= 11 is 0. The van der Waals surface area contributed by atoms with E-state index in [1.807, 2.05) is 23.1 Å². The minimum Gasteiger partial charge on any atom is -0.365 e. The highest BCUT2D eigenvalue weighted by molar-refractivity contribution is 5.79. The summed E-state index contributed by atoms with van der Waals surface area (Å²) in [6.07, 6.45) is 5.43. The SMILES string of the molecule is N#Cc1cccc(NC2CCN(C(=O)C3CCCC3)C2)n1. The van der Waals surface area contributed by atoms with Crippen LogP contribution in [0.15, 0.2) is 18.2 Å². The molecule has 2 fully saturated rings. The number of hydrogen-bond acceptors (Lipinski definition) is 4. The Balaban J connectivity index is 1.57. The van der Waals surface area contributed by atoms with Crippen molar-refractivity contribution in [3.8, 4) is 6.07 Å². The third-order valence-electron chi connectivity index (χ3n) is 4.42. The Morgan fingerprint density at radius 2 is 2.14 bits per heavy atom. The third-order valence-corrected chi connectivity index (χ3v) is 4.42. The lowest BCUT2D eigenvalue weighted by atomic mass is 10.1. The van der Waals surface area contributed by atoms with Crippen LogP contribution in [0, 0.1) is 17.2 Å². The molecular weight excluding hydrogens is 264 g/mol. The first-order valence-corrected chi connectivity index (χ1v) is 7.69. The first-order chi connectivity index (χ1) is 10.3. The number of amides is 1. The zero-order valence-corrected chi connectivity index (χ0v) is 12.1. The number of rotatable bonds is 3. The van der Waals surface area contributed by atoms with E-state index in [-0.39, 0.29) is 12.0 Å². The number of nitrogens with zero attached hydrogens (tertiary/aromatic N) is 3. The number of aromatic nitrogens is 1. The molecule has 5 nitrogen and oxygen atoms in total. The van der Waals surface area contributed by atoms with Gasteiger partial charge in [-0.15, -0.1) is 0 Å². The van der Waals surface area contributed by atoms with E-state index in [4.69, 9.17) is 5.26 Å². The van der Waals surface area contributed by atoms with Crippen molar-refractivity contribution in [2.24, 2.45) is 5.92 Å². The summed E-state index contributed by atoms with van der Waals surface area (Å²) in [6, 6.07) is 7.65. The maximum Gasteiger partial charge on any atom is 0.225 e. The van der Waals surface area contributed by atoms with Gasteiger partial charge in [0.25, 0.3) is 0 Å². The fourth-order valence-electron chi connectivity index (χ4n) is 3.30. The summed E-state index contributed by atoms with van der Waals surface area (Å²) in [4.78, 5) is 18.6. The van der Waals surface area contributed by atoms with Crippen molar-refractivity contribution in [1.82, 2.24) is 9.88 Å². The van der Waals surface area contributed by atoms with E-state index in [1.165, 1.54) is 12.8 Å². The largest absolute Gasteiger partial charge is 0.365 e. The molecule has 0 bridgehead atoms. The molecule has 1 saturated heterocycles. The molecule has 1 aliphatic carbocycles. The number of nitriles is 1. The average molecular weight is 284 g/mol. The monoisotopic (exact) mass is 284 g/mol. The maximum atomic E-state index is 12.4. The molecule has 5 heteroatoms. The number of nitrogens with one attached hydrogen (secondary N) is 1. The lowest BCUT2D eigenvalue weighted by Gasteiger charge is -2.20. The number of carbonyl (C=O) groups is 1. The number of likely N-dealkylation sites (tertiary alicyclic amines) is 1. The molecule has 3 rings (SSSR count). The molecule has 0 radical (unpaired) electrons. The van der Waals surface area contributed by atoms with Gasteiger partial charge in [0, 0.05) is 25.0 Å². The Bertz CT molecular complexity index is 560. The molecule has 1 amide bonds. The molecule has 0 spiro atoms. The van der Waals surface area contributed by atoms with E-state index in [0.717, 1.165) is 32.4 Å². The lowest BCUT2D eigenvalue weighted by Crippen LogP contribution is -2.35. The van der Waals surface area contributed by atoms with Gasteiger partial charge in [-0.3, -0.25) is 4.79 Å². The number of carbonyl (C=O) groups excluding carboxylic acids is 1. The van der Waals surface area contributed by atoms with E-state index >= 15 is 0 Å². The smallest absolute Gasteiger partial charge is 0.225 e. The van der Waals surface area contributed by atoms with E-state index in [9.17, 15) is 4.79 Å². The van der Waals surface area contributed by atoms with Crippen molar-refractivity contribution >= 4 is 11.7 Å². The number of anilines is 1. The van der Waals surface area contributed by atoms with Crippen molar-refractivity contribution in [1.29, 1.82) is 5.26 Å². The topological polar surface area (TPSA) is 69.0 Å². The van der Waals surface area contributed by atoms with Gasteiger partial charge in [0.2, 0.25) is 5.91 Å².